The third-order valence-corrected chi connectivity index (χ3v) is 4.39. The third kappa shape index (κ3) is 4.75. The van der Waals surface area contributed by atoms with Crippen molar-refractivity contribution >= 4 is 11.8 Å². The van der Waals surface area contributed by atoms with Crippen LogP contribution < -0.4 is 5.32 Å². The van der Waals surface area contributed by atoms with E-state index in [2.05, 4.69) is 37.2 Å². The monoisotopic (exact) mass is 230 g/mol. The first kappa shape index (κ1) is 13.3. The summed E-state index contributed by atoms with van der Waals surface area (Å²) >= 11 is 1.97. The van der Waals surface area contributed by atoms with Gasteiger partial charge in [-0.2, -0.15) is 11.8 Å². The molecular weight excluding hydrogens is 204 g/mol. The van der Waals surface area contributed by atoms with Crippen LogP contribution in [-0.4, -0.2) is 48.1 Å². The molecule has 1 saturated heterocycles. The van der Waals surface area contributed by atoms with Crippen molar-refractivity contribution in [1.29, 1.82) is 0 Å². The summed E-state index contributed by atoms with van der Waals surface area (Å²) in [5.41, 5.74) is 0. The Balaban J connectivity index is 2.36. The Morgan fingerprint density at radius 2 is 2.20 bits per heavy atom. The van der Waals surface area contributed by atoms with Crippen molar-refractivity contribution in [3.8, 4) is 0 Å². The van der Waals surface area contributed by atoms with Crippen LogP contribution in [0.15, 0.2) is 0 Å². The Labute approximate surface area is 99.2 Å². The summed E-state index contributed by atoms with van der Waals surface area (Å²) in [4.78, 5) is 2.62. The first-order valence-corrected chi connectivity index (χ1v) is 7.31. The summed E-state index contributed by atoms with van der Waals surface area (Å²) in [6, 6.07) is 0.724. The van der Waals surface area contributed by atoms with Gasteiger partial charge in [0.15, 0.2) is 0 Å². The van der Waals surface area contributed by atoms with Gasteiger partial charge in [0.1, 0.15) is 0 Å². The minimum Gasteiger partial charge on any atom is -0.313 e. The van der Waals surface area contributed by atoms with Crippen molar-refractivity contribution in [3.63, 3.8) is 0 Å². The average Bonchev–Trinajstić information content (AvgIpc) is 2.18. The predicted octanol–water partition coefficient (Wildman–Crippen LogP) is 2.20. The number of rotatable bonds is 5. The highest BCUT2D eigenvalue weighted by molar-refractivity contribution is 7.99. The molecule has 1 heterocycles. The van der Waals surface area contributed by atoms with Crippen molar-refractivity contribution in [2.75, 3.05) is 32.4 Å². The average molecular weight is 230 g/mol. The quantitative estimate of drug-likeness (QED) is 0.779. The highest BCUT2D eigenvalue weighted by atomic mass is 32.2. The fourth-order valence-corrected chi connectivity index (χ4v) is 2.57. The number of likely N-dealkylation sites (N-methyl/N-ethyl adjacent to an activating group) is 1. The Morgan fingerprint density at radius 3 is 2.80 bits per heavy atom. The lowest BCUT2D eigenvalue weighted by Gasteiger charge is -2.37. The maximum Gasteiger partial charge on any atom is 0.0227 e. The van der Waals surface area contributed by atoms with Gasteiger partial charge >= 0.3 is 0 Å². The Bertz CT molecular complexity index is 180. The Kier molecular flexibility index (Phi) is 5.44. The molecule has 1 unspecified atom stereocenters. The molecule has 0 spiro atoms. The first-order chi connectivity index (χ1) is 7.07. The van der Waals surface area contributed by atoms with Gasteiger partial charge in [0.2, 0.25) is 0 Å². The molecule has 1 rings (SSSR count). The maximum atomic E-state index is 3.57. The van der Waals surface area contributed by atoms with E-state index < -0.39 is 0 Å². The van der Waals surface area contributed by atoms with E-state index in [0.717, 1.165) is 12.6 Å². The number of thioether (sulfide) groups is 1. The Morgan fingerprint density at radius 1 is 1.47 bits per heavy atom. The lowest BCUT2D eigenvalue weighted by molar-refractivity contribution is 0.181. The molecule has 0 aromatic heterocycles. The summed E-state index contributed by atoms with van der Waals surface area (Å²) < 4.78 is 0.397. The molecule has 0 aromatic rings. The van der Waals surface area contributed by atoms with E-state index in [1.807, 2.05) is 11.8 Å². The smallest absolute Gasteiger partial charge is 0.0227 e. The second-order valence-electron chi connectivity index (χ2n) is 5.10. The largest absolute Gasteiger partial charge is 0.313 e. The highest BCUT2D eigenvalue weighted by Crippen LogP contribution is 2.24. The summed E-state index contributed by atoms with van der Waals surface area (Å²) in [6.45, 7) is 11.7. The molecule has 0 radical (unpaired) electrons. The zero-order valence-corrected chi connectivity index (χ0v) is 11.5. The zero-order chi connectivity index (χ0) is 11.3. The molecule has 2 nitrogen and oxygen atoms in total. The van der Waals surface area contributed by atoms with Crippen LogP contribution in [0.5, 0.6) is 0 Å². The topological polar surface area (TPSA) is 15.3 Å². The van der Waals surface area contributed by atoms with Crippen LogP contribution >= 0.6 is 11.8 Å². The summed E-state index contributed by atoms with van der Waals surface area (Å²) in [6.07, 6.45) is 4.91. The van der Waals surface area contributed by atoms with Crippen LogP contribution in [0.2, 0.25) is 0 Å². The molecule has 1 aliphatic heterocycles. The molecule has 0 bridgehead atoms. The van der Waals surface area contributed by atoms with Crippen molar-refractivity contribution in [3.05, 3.63) is 0 Å². The maximum absolute atomic E-state index is 3.57. The van der Waals surface area contributed by atoms with Crippen molar-refractivity contribution in [2.24, 2.45) is 0 Å². The van der Waals surface area contributed by atoms with Gasteiger partial charge in [-0.25, -0.2) is 0 Å². The van der Waals surface area contributed by atoms with Crippen LogP contribution in [0.25, 0.3) is 0 Å². The standard InChI is InChI=1S/C12H26N2S/c1-5-13-11-7-6-8-14(9-11)10-12(2,3)15-4/h11,13H,5-10H2,1-4H3. The number of nitrogens with one attached hydrogen (secondary N) is 1. The van der Waals surface area contributed by atoms with Gasteiger partial charge in [-0.15, -0.1) is 0 Å². The second kappa shape index (κ2) is 6.12. The van der Waals surface area contributed by atoms with Gasteiger partial charge in [0.25, 0.3) is 0 Å². The Hall–Kier alpha value is 0.270. The summed E-state index contributed by atoms with van der Waals surface area (Å²) in [7, 11) is 0. The van der Waals surface area contributed by atoms with E-state index in [4.69, 9.17) is 0 Å². The summed E-state index contributed by atoms with van der Waals surface area (Å²) in [5, 5.41) is 3.57. The number of hydrogen-bond acceptors (Lipinski definition) is 3. The van der Waals surface area contributed by atoms with Gasteiger partial charge in [0, 0.05) is 23.9 Å². The fraction of sp³-hybridized carbons (Fsp3) is 1.00. The van der Waals surface area contributed by atoms with E-state index in [1.54, 1.807) is 0 Å². The van der Waals surface area contributed by atoms with E-state index in [1.165, 1.54) is 32.5 Å². The number of hydrogen-bond donors (Lipinski definition) is 1. The van der Waals surface area contributed by atoms with Crippen LogP contribution in [0, 0.1) is 0 Å². The lowest BCUT2D eigenvalue weighted by atomic mass is 10.0. The number of piperidine rings is 1. The summed E-state index contributed by atoms with van der Waals surface area (Å²) in [5.74, 6) is 0. The molecule has 0 amide bonds. The van der Waals surface area contributed by atoms with E-state index in [0.29, 0.717) is 4.75 Å². The second-order valence-corrected chi connectivity index (χ2v) is 6.61. The number of nitrogens with zero attached hydrogens (tertiary/aromatic N) is 1. The van der Waals surface area contributed by atoms with Crippen LogP contribution in [-0.2, 0) is 0 Å². The molecule has 90 valence electrons. The minimum absolute atomic E-state index is 0.397. The van der Waals surface area contributed by atoms with Gasteiger partial charge in [-0.05, 0) is 46.0 Å². The molecule has 15 heavy (non-hydrogen) atoms. The highest BCUT2D eigenvalue weighted by Gasteiger charge is 2.25. The SMILES string of the molecule is CCNC1CCCN(CC(C)(C)SC)C1. The molecule has 0 saturated carbocycles. The van der Waals surface area contributed by atoms with Crippen LogP contribution in [0.3, 0.4) is 0 Å². The van der Waals surface area contributed by atoms with E-state index >= 15 is 0 Å². The van der Waals surface area contributed by atoms with Gasteiger partial charge in [-0.3, -0.25) is 0 Å². The van der Waals surface area contributed by atoms with E-state index in [-0.39, 0.29) is 0 Å². The molecule has 1 fully saturated rings. The lowest BCUT2D eigenvalue weighted by Crippen LogP contribution is -2.49. The van der Waals surface area contributed by atoms with Crippen molar-refractivity contribution < 1.29 is 0 Å². The third-order valence-electron chi connectivity index (χ3n) is 3.16. The van der Waals surface area contributed by atoms with Crippen molar-refractivity contribution in [1.82, 2.24) is 10.2 Å². The zero-order valence-electron chi connectivity index (χ0n) is 10.7. The van der Waals surface area contributed by atoms with Gasteiger partial charge < -0.3 is 10.2 Å². The molecule has 1 aliphatic rings. The van der Waals surface area contributed by atoms with Crippen LogP contribution in [0.1, 0.15) is 33.6 Å². The van der Waals surface area contributed by atoms with Gasteiger partial charge in [-0.1, -0.05) is 6.92 Å². The van der Waals surface area contributed by atoms with Crippen molar-refractivity contribution in [2.45, 2.75) is 44.4 Å². The molecule has 0 aromatic carbocycles. The van der Waals surface area contributed by atoms with Crippen LogP contribution in [0.4, 0.5) is 0 Å². The predicted molar refractivity (Wildman–Crippen MR) is 70.7 cm³/mol. The fourth-order valence-electron chi connectivity index (χ4n) is 2.26. The molecule has 1 N–H and O–H groups in total. The van der Waals surface area contributed by atoms with E-state index in [9.17, 15) is 0 Å². The molecule has 3 heteroatoms. The normalized spacial score (nSPS) is 24.4. The number of likely N-dealkylation sites (tertiary alicyclic amines) is 1. The minimum atomic E-state index is 0.397. The first-order valence-electron chi connectivity index (χ1n) is 6.08. The van der Waals surface area contributed by atoms with Gasteiger partial charge in [0.05, 0.1) is 0 Å². The molecular formula is C12H26N2S. The molecule has 0 aliphatic carbocycles. The molecule has 1 atom stereocenters.